The van der Waals surface area contributed by atoms with Crippen LogP contribution in [0.4, 0.5) is 0 Å². The lowest BCUT2D eigenvalue weighted by atomic mass is 9.95. The molecular weight excluding hydrogens is 356 g/mol. The van der Waals surface area contributed by atoms with E-state index in [2.05, 4.69) is 0 Å². The topological polar surface area (TPSA) is 72.2 Å². The fraction of sp³-hybridized carbons (Fsp3) is 0.611. The molecule has 0 amide bonds. The molecule has 1 atom stereocenters. The molecule has 2 aromatic rings. The zero-order chi connectivity index (χ0) is 17.6. The fourth-order valence-electron chi connectivity index (χ4n) is 3.99. The molecule has 0 unspecified atom stereocenters. The van der Waals surface area contributed by atoms with Crippen LogP contribution < -0.4 is 5.56 Å². The number of aromatic nitrogens is 2. The third kappa shape index (κ3) is 3.01. The fourth-order valence-corrected chi connectivity index (χ4v) is 6.21. The average molecular weight is 379 g/mol. The zero-order valence-electron chi connectivity index (χ0n) is 14.3. The van der Waals surface area contributed by atoms with Crippen molar-refractivity contribution >= 4 is 39.3 Å². The van der Waals surface area contributed by atoms with Gasteiger partial charge in [-0.05, 0) is 44.6 Å². The molecule has 2 aliphatic rings. The van der Waals surface area contributed by atoms with E-state index in [1.807, 2.05) is 4.57 Å². The number of carboxylic acids is 1. The molecule has 2 aromatic heterocycles. The smallest absolute Gasteiger partial charge is 0.316 e. The van der Waals surface area contributed by atoms with Crippen LogP contribution in [0.15, 0.2) is 9.95 Å². The predicted molar refractivity (Wildman–Crippen MR) is 101 cm³/mol. The van der Waals surface area contributed by atoms with Gasteiger partial charge in [-0.3, -0.25) is 14.2 Å². The normalized spacial score (nSPS) is 19.2. The van der Waals surface area contributed by atoms with Crippen molar-refractivity contribution in [3.63, 3.8) is 0 Å². The monoisotopic (exact) mass is 378 g/mol. The Balaban J connectivity index is 1.89. The highest BCUT2D eigenvalue weighted by molar-refractivity contribution is 8.00. The summed E-state index contributed by atoms with van der Waals surface area (Å²) in [7, 11) is 0. The van der Waals surface area contributed by atoms with Gasteiger partial charge in [0.05, 0.1) is 5.39 Å². The molecule has 0 spiro atoms. The molecule has 0 bridgehead atoms. The average Bonchev–Trinajstić information content (AvgIpc) is 3.16. The van der Waals surface area contributed by atoms with Crippen LogP contribution in [0.25, 0.3) is 10.2 Å². The van der Waals surface area contributed by atoms with Crippen molar-refractivity contribution in [2.45, 2.75) is 74.7 Å². The van der Waals surface area contributed by atoms with E-state index >= 15 is 0 Å². The SMILES string of the molecule is C[C@@H](Sc1nc2sc3c(c2c(=O)n1C1CCCCC1)CCC3)C(=O)O. The maximum absolute atomic E-state index is 13.4. The second-order valence-corrected chi connectivity index (χ2v) is 9.39. The second kappa shape index (κ2) is 6.76. The highest BCUT2D eigenvalue weighted by Crippen LogP contribution is 2.38. The van der Waals surface area contributed by atoms with Crippen LogP contribution in [0.1, 0.15) is 61.9 Å². The number of nitrogens with zero attached hydrogens (tertiary/aromatic N) is 2. The number of carboxylic acid groups (broad SMARTS) is 1. The molecule has 1 saturated carbocycles. The summed E-state index contributed by atoms with van der Waals surface area (Å²) in [5.74, 6) is -0.872. The van der Waals surface area contributed by atoms with E-state index in [0.29, 0.717) is 5.16 Å². The Kier molecular flexibility index (Phi) is 4.62. The molecule has 2 heterocycles. The number of thiophene rings is 1. The van der Waals surface area contributed by atoms with Gasteiger partial charge in [0, 0.05) is 10.9 Å². The van der Waals surface area contributed by atoms with Crippen molar-refractivity contribution in [2.75, 3.05) is 0 Å². The predicted octanol–water partition coefficient (Wildman–Crippen LogP) is 4.02. The molecule has 134 valence electrons. The Labute approximate surface area is 154 Å². The van der Waals surface area contributed by atoms with Crippen LogP contribution in [-0.2, 0) is 17.6 Å². The van der Waals surface area contributed by atoms with E-state index in [9.17, 15) is 14.7 Å². The number of rotatable bonds is 4. The lowest BCUT2D eigenvalue weighted by Gasteiger charge is -2.26. The molecule has 1 N–H and O–H groups in total. The highest BCUT2D eigenvalue weighted by Gasteiger charge is 2.28. The molecule has 25 heavy (non-hydrogen) atoms. The Morgan fingerprint density at radius 2 is 2.04 bits per heavy atom. The summed E-state index contributed by atoms with van der Waals surface area (Å²) < 4.78 is 1.83. The van der Waals surface area contributed by atoms with E-state index in [4.69, 9.17) is 4.98 Å². The van der Waals surface area contributed by atoms with Crippen LogP contribution in [-0.4, -0.2) is 25.9 Å². The zero-order valence-corrected chi connectivity index (χ0v) is 15.9. The van der Waals surface area contributed by atoms with Crippen molar-refractivity contribution in [1.29, 1.82) is 0 Å². The van der Waals surface area contributed by atoms with Crippen LogP contribution in [0.3, 0.4) is 0 Å². The summed E-state index contributed by atoms with van der Waals surface area (Å²) in [5.41, 5.74) is 1.25. The van der Waals surface area contributed by atoms with Gasteiger partial charge in [-0.15, -0.1) is 11.3 Å². The van der Waals surface area contributed by atoms with Crippen LogP contribution in [0, 0.1) is 0 Å². The Hall–Kier alpha value is -1.34. The quantitative estimate of drug-likeness (QED) is 0.643. The van der Waals surface area contributed by atoms with E-state index in [0.717, 1.165) is 55.2 Å². The minimum atomic E-state index is -0.872. The molecule has 0 saturated heterocycles. The number of hydrogen-bond donors (Lipinski definition) is 1. The molecule has 5 nitrogen and oxygen atoms in total. The van der Waals surface area contributed by atoms with E-state index < -0.39 is 11.2 Å². The molecule has 2 aliphatic carbocycles. The molecular formula is C18H22N2O3S2. The first-order valence-corrected chi connectivity index (χ1v) is 10.7. The number of aryl methyl sites for hydroxylation is 2. The van der Waals surface area contributed by atoms with Crippen molar-refractivity contribution in [3.05, 3.63) is 20.8 Å². The van der Waals surface area contributed by atoms with Crippen molar-refractivity contribution < 1.29 is 9.90 Å². The molecule has 7 heteroatoms. The van der Waals surface area contributed by atoms with E-state index in [-0.39, 0.29) is 11.6 Å². The number of hydrogen-bond acceptors (Lipinski definition) is 5. The lowest BCUT2D eigenvalue weighted by molar-refractivity contribution is -0.136. The van der Waals surface area contributed by atoms with Crippen LogP contribution in [0.5, 0.6) is 0 Å². The maximum Gasteiger partial charge on any atom is 0.316 e. The van der Waals surface area contributed by atoms with Gasteiger partial charge >= 0.3 is 5.97 Å². The van der Waals surface area contributed by atoms with Gasteiger partial charge in [0.2, 0.25) is 0 Å². The summed E-state index contributed by atoms with van der Waals surface area (Å²) in [6.45, 7) is 1.66. The van der Waals surface area contributed by atoms with Crippen LogP contribution >= 0.6 is 23.1 Å². The molecule has 0 aromatic carbocycles. The Bertz CT molecular complexity index is 881. The minimum Gasteiger partial charge on any atom is -0.480 e. The summed E-state index contributed by atoms with van der Waals surface area (Å²) in [4.78, 5) is 31.6. The summed E-state index contributed by atoms with van der Waals surface area (Å²) in [6.07, 6.45) is 8.53. The Morgan fingerprint density at radius 1 is 1.28 bits per heavy atom. The first-order chi connectivity index (χ1) is 12.1. The number of aliphatic carboxylic acids is 1. The summed E-state index contributed by atoms with van der Waals surface area (Å²) >= 11 is 2.82. The van der Waals surface area contributed by atoms with Crippen molar-refractivity contribution in [3.8, 4) is 0 Å². The first kappa shape index (κ1) is 17.1. The number of thioether (sulfide) groups is 1. The highest BCUT2D eigenvalue weighted by atomic mass is 32.2. The van der Waals surface area contributed by atoms with Crippen molar-refractivity contribution in [1.82, 2.24) is 9.55 Å². The standard InChI is InChI=1S/C18H22N2O3S2/c1-10(17(22)23)24-18-19-15-14(12-8-5-9-13(12)25-15)16(21)20(18)11-6-3-2-4-7-11/h10-11H,2-9H2,1H3,(H,22,23)/t10-/m1/s1. The van der Waals surface area contributed by atoms with Gasteiger partial charge in [-0.2, -0.15) is 0 Å². The molecule has 0 aliphatic heterocycles. The van der Waals surface area contributed by atoms with Gasteiger partial charge in [0.1, 0.15) is 10.1 Å². The van der Waals surface area contributed by atoms with Gasteiger partial charge in [-0.25, -0.2) is 4.98 Å². The summed E-state index contributed by atoms with van der Waals surface area (Å²) in [6, 6.07) is 0.151. The largest absolute Gasteiger partial charge is 0.480 e. The molecule has 0 radical (unpaired) electrons. The van der Waals surface area contributed by atoms with Gasteiger partial charge in [-0.1, -0.05) is 31.0 Å². The van der Waals surface area contributed by atoms with E-state index in [1.54, 1.807) is 18.3 Å². The minimum absolute atomic E-state index is 0.0522. The van der Waals surface area contributed by atoms with Gasteiger partial charge in [0.15, 0.2) is 5.16 Å². The van der Waals surface area contributed by atoms with E-state index in [1.165, 1.54) is 28.6 Å². The second-order valence-electron chi connectivity index (χ2n) is 7.00. The Morgan fingerprint density at radius 3 is 2.76 bits per heavy atom. The van der Waals surface area contributed by atoms with Crippen molar-refractivity contribution in [2.24, 2.45) is 0 Å². The number of fused-ring (bicyclic) bond motifs is 3. The third-order valence-corrected chi connectivity index (χ3v) is 7.55. The van der Waals surface area contributed by atoms with Gasteiger partial charge < -0.3 is 5.11 Å². The lowest BCUT2D eigenvalue weighted by Crippen LogP contribution is -2.30. The van der Waals surface area contributed by atoms with Gasteiger partial charge in [0.25, 0.3) is 5.56 Å². The molecule has 1 fully saturated rings. The number of carbonyl (C=O) groups is 1. The summed E-state index contributed by atoms with van der Waals surface area (Å²) in [5, 5.41) is 10.1. The maximum atomic E-state index is 13.4. The van der Waals surface area contributed by atoms with Crippen LogP contribution in [0.2, 0.25) is 0 Å². The third-order valence-electron chi connectivity index (χ3n) is 5.31. The first-order valence-electron chi connectivity index (χ1n) is 9.02. The molecule has 4 rings (SSSR count).